The summed E-state index contributed by atoms with van der Waals surface area (Å²) in [5.41, 5.74) is 1.81. The molecule has 1 amide bonds. The Bertz CT molecular complexity index is 1320. The van der Waals surface area contributed by atoms with Crippen molar-refractivity contribution in [1.82, 2.24) is 30.2 Å². The minimum absolute atomic E-state index is 0. The Morgan fingerprint density at radius 3 is 2.54 bits per heavy atom. The summed E-state index contributed by atoms with van der Waals surface area (Å²) in [5.74, 6) is 0.461. The SMILES string of the molecule is [CH2-]CCNC(=O)c1cccc(Cn2nc(-c3nc(-c4ccc(OC(F)(F)F)cc4)no3)nc2C)c1.[CH3-].[U+2]. The van der Waals surface area contributed by atoms with Crippen molar-refractivity contribution in [3.05, 3.63) is 79.8 Å². The molecule has 192 valence electrons. The summed E-state index contributed by atoms with van der Waals surface area (Å²) in [7, 11) is 0. The van der Waals surface area contributed by atoms with E-state index in [-0.39, 0.29) is 67.7 Å². The molecule has 4 aromatic rings. The molecule has 0 bridgehead atoms. The van der Waals surface area contributed by atoms with Crippen molar-refractivity contribution in [2.24, 2.45) is 0 Å². The number of hydrogen-bond donors (Lipinski definition) is 1. The van der Waals surface area contributed by atoms with Gasteiger partial charge in [0.15, 0.2) is 0 Å². The molecule has 0 saturated heterocycles. The number of carbonyl (C=O) groups is 1. The van der Waals surface area contributed by atoms with Crippen LogP contribution in [0, 0.1) is 52.4 Å². The van der Waals surface area contributed by atoms with Gasteiger partial charge in [0.2, 0.25) is 11.6 Å². The molecule has 0 aliphatic rings. The maximum atomic E-state index is 12.3. The maximum absolute atomic E-state index is 12.3. The van der Waals surface area contributed by atoms with Crippen LogP contribution in [-0.4, -0.2) is 43.7 Å². The average molecular weight is 739 g/mol. The van der Waals surface area contributed by atoms with Gasteiger partial charge in [-0.3, -0.25) is 4.79 Å². The Hall–Kier alpha value is -3.17. The van der Waals surface area contributed by atoms with Gasteiger partial charge in [-0.1, -0.05) is 17.3 Å². The molecule has 13 heteroatoms. The van der Waals surface area contributed by atoms with Crippen molar-refractivity contribution in [2.75, 3.05) is 6.54 Å². The fourth-order valence-corrected chi connectivity index (χ4v) is 3.19. The number of aryl methyl sites for hydroxylation is 1. The quantitative estimate of drug-likeness (QED) is 0.263. The second kappa shape index (κ2) is 12.9. The number of alkyl halides is 3. The minimum atomic E-state index is -4.77. The van der Waals surface area contributed by atoms with Crippen molar-refractivity contribution < 1.29 is 58.3 Å². The van der Waals surface area contributed by atoms with E-state index in [2.05, 4.69) is 37.2 Å². The van der Waals surface area contributed by atoms with E-state index in [9.17, 15) is 18.0 Å². The predicted octanol–water partition coefficient (Wildman–Crippen LogP) is 4.65. The zero-order valence-corrected chi connectivity index (χ0v) is 24.2. The third-order valence-electron chi connectivity index (χ3n) is 4.80. The van der Waals surface area contributed by atoms with Gasteiger partial charge >= 0.3 is 37.5 Å². The summed E-state index contributed by atoms with van der Waals surface area (Å²) in [6, 6.07) is 12.2. The van der Waals surface area contributed by atoms with E-state index in [1.165, 1.54) is 12.1 Å². The fourth-order valence-electron chi connectivity index (χ4n) is 3.19. The molecular formula is C24H23F3N6O3U. The summed E-state index contributed by atoms with van der Waals surface area (Å²) in [6.45, 7) is 6.31. The molecule has 2 aromatic carbocycles. The van der Waals surface area contributed by atoms with Crippen molar-refractivity contribution in [2.45, 2.75) is 26.3 Å². The number of rotatable bonds is 8. The molecule has 4 rings (SSSR count). The van der Waals surface area contributed by atoms with Crippen molar-refractivity contribution >= 4 is 5.91 Å². The molecule has 9 nitrogen and oxygen atoms in total. The van der Waals surface area contributed by atoms with Gasteiger partial charge in [0.1, 0.15) is 11.6 Å². The van der Waals surface area contributed by atoms with Gasteiger partial charge in [0.25, 0.3) is 11.8 Å². The van der Waals surface area contributed by atoms with Crippen LogP contribution in [0.25, 0.3) is 23.1 Å². The molecule has 0 spiro atoms. The molecular weight excluding hydrogens is 715 g/mol. The van der Waals surface area contributed by atoms with Crippen LogP contribution in [0.1, 0.15) is 28.2 Å². The van der Waals surface area contributed by atoms with Gasteiger partial charge in [0.05, 0.1) is 6.54 Å². The fraction of sp³-hybridized carbons (Fsp3) is 0.208. The summed E-state index contributed by atoms with van der Waals surface area (Å²) < 4.78 is 47.7. The Morgan fingerprint density at radius 1 is 1.14 bits per heavy atom. The zero-order chi connectivity index (χ0) is 25.0. The third kappa shape index (κ3) is 7.91. The van der Waals surface area contributed by atoms with E-state index < -0.39 is 6.36 Å². The molecule has 0 aliphatic heterocycles. The van der Waals surface area contributed by atoms with Crippen LogP contribution in [0.15, 0.2) is 53.1 Å². The molecule has 0 saturated carbocycles. The summed E-state index contributed by atoms with van der Waals surface area (Å²) >= 11 is 0. The van der Waals surface area contributed by atoms with Crippen LogP contribution < -0.4 is 10.1 Å². The molecule has 2 heterocycles. The van der Waals surface area contributed by atoms with E-state index in [1.54, 1.807) is 29.8 Å². The number of aromatic nitrogens is 5. The van der Waals surface area contributed by atoms with E-state index >= 15 is 0 Å². The summed E-state index contributed by atoms with van der Waals surface area (Å²) in [6.07, 6.45) is -4.18. The number of benzene rings is 2. The number of carbonyl (C=O) groups excluding carboxylic acids is 1. The molecule has 0 aliphatic carbocycles. The normalized spacial score (nSPS) is 10.8. The Labute approximate surface area is 235 Å². The molecule has 37 heavy (non-hydrogen) atoms. The van der Waals surface area contributed by atoms with Gasteiger partial charge in [0, 0.05) is 11.1 Å². The average Bonchev–Trinajstić information content (AvgIpc) is 3.44. The third-order valence-corrected chi connectivity index (χ3v) is 4.80. The van der Waals surface area contributed by atoms with Gasteiger partial charge in [-0.2, -0.15) is 11.4 Å². The van der Waals surface area contributed by atoms with Crippen LogP contribution in [0.4, 0.5) is 13.2 Å². The van der Waals surface area contributed by atoms with Gasteiger partial charge in [-0.15, -0.1) is 18.3 Å². The Balaban J connectivity index is 0.00000241. The first-order valence-electron chi connectivity index (χ1n) is 10.5. The molecule has 0 atom stereocenters. The topological polar surface area (TPSA) is 108 Å². The Kier molecular flexibility index (Phi) is 10.5. The zero-order valence-electron chi connectivity index (χ0n) is 20.0. The van der Waals surface area contributed by atoms with Crippen LogP contribution >= 0.6 is 0 Å². The largest absolute Gasteiger partial charge is 2.00 e. The van der Waals surface area contributed by atoms with Crippen LogP contribution in [-0.2, 0) is 6.54 Å². The van der Waals surface area contributed by atoms with Crippen LogP contribution in [0.5, 0.6) is 5.75 Å². The number of ether oxygens (including phenoxy) is 1. The van der Waals surface area contributed by atoms with E-state index in [1.807, 2.05) is 6.07 Å². The second-order valence-electron chi connectivity index (χ2n) is 7.45. The smallest absolute Gasteiger partial charge is 0.406 e. The van der Waals surface area contributed by atoms with Gasteiger partial charge < -0.3 is 28.9 Å². The van der Waals surface area contributed by atoms with E-state index in [0.29, 0.717) is 36.5 Å². The van der Waals surface area contributed by atoms with Crippen molar-refractivity contribution in [1.29, 1.82) is 0 Å². The number of nitrogens with one attached hydrogen (secondary N) is 1. The number of amides is 1. The van der Waals surface area contributed by atoms with Crippen molar-refractivity contribution in [3.8, 4) is 28.9 Å². The first-order valence-corrected chi connectivity index (χ1v) is 10.5. The maximum Gasteiger partial charge on any atom is 2.00 e. The minimum Gasteiger partial charge on any atom is -0.406 e. The summed E-state index contributed by atoms with van der Waals surface area (Å²) in [4.78, 5) is 20.8. The summed E-state index contributed by atoms with van der Waals surface area (Å²) in [5, 5.41) is 11.1. The molecule has 0 unspecified atom stereocenters. The van der Waals surface area contributed by atoms with E-state index in [4.69, 9.17) is 4.52 Å². The second-order valence-corrected chi connectivity index (χ2v) is 7.45. The number of halogens is 3. The number of nitrogens with zero attached hydrogens (tertiary/aromatic N) is 5. The standard InChI is InChI=1S/C23H20F3N6O3.CH3.U/c1-3-11-27-21(33)17-6-4-5-15(12-17)13-32-14(2)28-20(30-32)22-29-19(31-35-22)16-7-9-18(10-8-16)34-23(24,25)26;;/h4-10,12H,1,3,11,13H2,2H3,(H,27,33);1H3;/q2*-1;+2. The van der Waals surface area contributed by atoms with Crippen LogP contribution in [0.2, 0.25) is 0 Å². The molecule has 0 fully saturated rings. The van der Waals surface area contributed by atoms with Crippen LogP contribution in [0.3, 0.4) is 0 Å². The molecule has 0 radical (unpaired) electrons. The Morgan fingerprint density at radius 2 is 1.86 bits per heavy atom. The molecule has 2 aromatic heterocycles. The monoisotopic (exact) mass is 738 g/mol. The number of hydrogen-bond acceptors (Lipinski definition) is 7. The first kappa shape index (κ1) is 30.1. The molecule has 1 N–H and O–H groups in total. The van der Waals surface area contributed by atoms with Gasteiger partial charge in [-0.25, -0.2) is 9.67 Å². The van der Waals surface area contributed by atoms with E-state index in [0.717, 1.165) is 17.7 Å². The van der Waals surface area contributed by atoms with Crippen molar-refractivity contribution in [3.63, 3.8) is 0 Å². The first-order chi connectivity index (χ1) is 16.7. The predicted molar refractivity (Wildman–Crippen MR) is 124 cm³/mol. The van der Waals surface area contributed by atoms with Gasteiger partial charge in [-0.05, 0) is 55.4 Å².